The summed E-state index contributed by atoms with van der Waals surface area (Å²) in [6, 6.07) is 8.77. The van der Waals surface area contributed by atoms with Gasteiger partial charge in [0, 0.05) is 21.8 Å². The van der Waals surface area contributed by atoms with Crippen LogP contribution in [0.5, 0.6) is 11.5 Å². The van der Waals surface area contributed by atoms with Crippen molar-refractivity contribution in [2.24, 2.45) is 5.73 Å². The van der Waals surface area contributed by atoms with Crippen molar-refractivity contribution in [2.45, 2.75) is 13.0 Å². The summed E-state index contributed by atoms with van der Waals surface area (Å²) in [5, 5.41) is 2.75. The van der Waals surface area contributed by atoms with Crippen molar-refractivity contribution in [3.8, 4) is 11.5 Å². The van der Waals surface area contributed by atoms with E-state index < -0.39 is 6.04 Å². The van der Waals surface area contributed by atoms with E-state index in [4.69, 9.17) is 10.5 Å². The Morgan fingerprint density at radius 2 is 1.95 bits per heavy atom. The molecule has 1 aliphatic rings. The Kier molecular flexibility index (Phi) is 3.77. The van der Waals surface area contributed by atoms with E-state index in [2.05, 4.69) is 37.2 Å². The maximum Gasteiger partial charge on any atom is 0.245 e. The van der Waals surface area contributed by atoms with Gasteiger partial charge in [0.25, 0.3) is 0 Å². The average Bonchev–Trinajstić information content (AvgIpc) is 2.69. The Morgan fingerprint density at radius 3 is 2.67 bits per heavy atom. The highest BCUT2D eigenvalue weighted by atomic mass is 79.9. The molecule has 1 atom stereocenters. The molecule has 2 aromatic rings. The van der Waals surface area contributed by atoms with Crippen molar-refractivity contribution in [2.75, 3.05) is 5.32 Å². The van der Waals surface area contributed by atoms with Crippen molar-refractivity contribution in [3.05, 3.63) is 50.4 Å². The molecule has 1 amide bonds. The quantitative estimate of drug-likeness (QED) is 0.775. The fourth-order valence-electron chi connectivity index (χ4n) is 2.21. The largest absolute Gasteiger partial charge is 0.456 e. The normalized spacial score (nSPS) is 16.6. The minimum absolute atomic E-state index is 0.200. The highest BCUT2D eigenvalue weighted by Crippen LogP contribution is 2.40. The summed E-state index contributed by atoms with van der Waals surface area (Å²) in [6.07, 6.45) is 0. The molecule has 0 saturated heterocycles. The first-order valence-electron chi connectivity index (χ1n) is 6.29. The Balaban J connectivity index is 1.97. The monoisotopic (exact) mass is 410 g/mol. The first-order chi connectivity index (χ1) is 9.95. The molecule has 0 fully saturated rings. The molecule has 0 spiro atoms. The van der Waals surface area contributed by atoms with Gasteiger partial charge in [-0.1, -0.05) is 15.9 Å². The van der Waals surface area contributed by atoms with Crippen LogP contribution in [0.1, 0.15) is 17.2 Å². The lowest BCUT2D eigenvalue weighted by atomic mass is 10.1. The van der Waals surface area contributed by atoms with Gasteiger partial charge in [-0.05, 0) is 52.7 Å². The van der Waals surface area contributed by atoms with Crippen LogP contribution >= 0.6 is 31.9 Å². The molecule has 108 valence electrons. The predicted molar refractivity (Wildman–Crippen MR) is 88.7 cm³/mol. The van der Waals surface area contributed by atoms with Gasteiger partial charge in [0.2, 0.25) is 5.91 Å². The molecule has 0 radical (unpaired) electrons. The molecular weight excluding hydrogens is 400 g/mol. The summed E-state index contributed by atoms with van der Waals surface area (Å²) in [5.41, 5.74) is 8.30. The third-order valence-electron chi connectivity index (χ3n) is 3.34. The smallest absolute Gasteiger partial charge is 0.245 e. The number of carbonyl (C=O) groups is 1. The third kappa shape index (κ3) is 2.71. The van der Waals surface area contributed by atoms with Gasteiger partial charge in [0.1, 0.15) is 17.5 Å². The minimum Gasteiger partial charge on any atom is -0.456 e. The van der Waals surface area contributed by atoms with Crippen LogP contribution in [0, 0.1) is 6.92 Å². The van der Waals surface area contributed by atoms with E-state index in [1.807, 2.05) is 31.2 Å². The van der Waals surface area contributed by atoms with Crippen molar-refractivity contribution < 1.29 is 9.53 Å². The lowest BCUT2D eigenvalue weighted by Gasteiger charge is -2.12. The number of halogens is 2. The Hall–Kier alpha value is -1.37. The van der Waals surface area contributed by atoms with Gasteiger partial charge < -0.3 is 15.8 Å². The van der Waals surface area contributed by atoms with Crippen molar-refractivity contribution in [3.63, 3.8) is 0 Å². The Labute approximate surface area is 138 Å². The molecule has 0 saturated carbocycles. The molecule has 3 rings (SSSR count). The third-order valence-corrected chi connectivity index (χ3v) is 4.45. The van der Waals surface area contributed by atoms with Crippen LogP contribution in [0.2, 0.25) is 0 Å². The van der Waals surface area contributed by atoms with E-state index >= 15 is 0 Å². The topological polar surface area (TPSA) is 64.3 Å². The number of benzene rings is 2. The molecule has 3 N–H and O–H groups in total. The second kappa shape index (κ2) is 5.44. The summed E-state index contributed by atoms with van der Waals surface area (Å²) in [4.78, 5) is 11.6. The van der Waals surface area contributed by atoms with Crippen LogP contribution in [0.4, 0.5) is 5.69 Å². The van der Waals surface area contributed by atoms with Crippen molar-refractivity contribution in [1.82, 2.24) is 0 Å². The van der Waals surface area contributed by atoms with Gasteiger partial charge in [0.15, 0.2) is 0 Å². The van der Waals surface area contributed by atoms with E-state index in [0.717, 1.165) is 25.8 Å². The number of carbonyl (C=O) groups excluding carboxylic acids is 1. The van der Waals surface area contributed by atoms with Crippen molar-refractivity contribution >= 4 is 43.5 Å². The number of anilines is 1. The predicted octanol–water partition coefficient (Wildman–Crippen LogP) is 4.26. The molecule has 6 heteroatoms. The fourth-order valence-corrected chi connectivity index (χ4v) is 3.13. The van der Waals surface area contributed by atoms with E-state index in [1.54, 1.807) is 6.07 Å². The highest BCUT2D eigenvalue weighted by molar-refractivity contribution is 9.10. The van der Waals surface area contributed by atoms with Gasteiger partial charge in [0.05, 0.1) is 4.47 Å². The number of fused-ring (bicyclic) bond motifs is 1. The molecule has 0 aliphatic carbocycles. The van der Waals surface area contributed by atoms with Crippen LogP contribution in [-0.2, 0) is 4.79 Å². The molecule has 21 heavy (non-hydrogen) atoms. The zero-order valence-corrected chi connectivity index (χ0v) is 14.3. The Morgan fingerprint density at radius 1 is 1.19 bits per heavy atom. The summed E-state index contributed by atoms with van der Waals surface area (Å²) >= 11 is 6.89. The van der Waals surface area contributed by atoms with Crippen LogP contribution in [0.15, 0.2) is 39.3 Å². The number of hydrogen-bond donors (Lipinski definition) is 2. The maximum absolute atomic E-state index is 11.6. The zero-order chi connectivity index (χ0) is 15.1. The van der Waals surface area contributed by atoms with Crippen LogP contribution in [0.3, 0.4) is 0 Å². The van der Waals surface area contributed by atoms with Gasteiger partial charge >= 0.3 is 0 Å². The maximum atomic E-state index is 11.6. The molecule has 1 aliphatic heterocycles. The number of amides is 1. The van der Waals surface area contributed by atoms with Crippen LogP contribution < -0.4 is 15.8 Å². The lowest BCUT2D eigenvalue weighted by Crippen LogP contribution is -2.19. The van der Waals surface area contributed by atoms with Gasteiger partial charge in [-0.15, -0.1) is 0 Å². The first-order valence-corrected chi connectivity index (χ1v) is 7.88. The van der Waals surface area contributed by atoms with Gasteiger partial charge in [-0.2, -0.15) is 0 Å². The van der Waals surface area contributed by atoms with Gasteiger partial charge in [-0.25, -0.2) is 0 Å². The van der Waals surface area contributed by atoms with E-state index in [1.165, 1.54) is 0 Å². The SMILES string of the molecule is Cc1cc(Br)ccc1Oc1cc2c(cc1Br)C(N)C(=O)N2. The van der Waals surface area contributed by atoms with Crippen molar-refractivity contribution in [1.29, 1.82) is 0 Å². The molecule has 0 aromatic heterocycles. The number of aryl methyl sites for hydroxylation is 1. The Bertz CT molecular complexity index is 747. The summed E-state index contributed by atoms with van der Waals surface area (Å²) in [5.74, 6) is 1.19. The summed E-state index contributed by atoms with van der Waals surface area (Å²) in [6.45, 7) is 1.97. The summed E-state index contributed by atoms with van der Waals surface area (Å²) < 4.78 is 7.69. The first kappa shape index (κ1) is 14.6. The van der Waals surface area contributed by atoms with Crippen LogP contribution in [0.25, 0.3) is 0 Å². The van der Waals surface area contributed by atoms with E-state index in [0.29, 0.717) is 11.4 Å². The second-order valence-corrected chi connectivity index (χ2v) is 6.62. The van der Waals surface area contributed by atoms with E-state index in [-0.39, 0.29) is 5.91 Å². The fraction of sp³-hybridized carbons (Fsp3) is 0.133. The number of nitrogens with one attached hydrogen (secondary N) is 1. The minimum atomic E-state index is -0.625. The number of ether oxygens (including phenoxy) is 1. The molecule has 0 bridgehead atoms. The molecular formula is C15H12Br2N2O2. The molecule has 1 heterocycles. The molecule has 2 aromatic carbocycles. The van der Waals surface area contributed by atoms with Crippen LogP contribution in [-0.4, -0.2) is 5.91 Å². The standard InChI is InChI=1S/C15H12Br2N2O2/c1-7-4-8(16)2-3-12(7)21-13-6-11-9(5-10(13)17)14(18)15(20)19-11/h2-6,14H,18H2,1H3,(H,19,20). The second-order valence-electron chi connectivity index (χ2n) is 4.85. The highest BCUT2D eigenvalue weighted by Gasteiger charge is 2.28. The van der Waals surface area contributed by atoms with Gasteiger partial charge in [-0.3, -0.25) is 4.79 Å². The molecule has 4 nitrogen and oxygen atoms in total. The summed E-state index contributed by atoms with van der Waals surface area (Å²) in [7, 11) is 0. The number of rotatable bonds is 2. The zero-order valence-electron chi connectivity index (χ0n) is 11.1. The number of hydrogen-bond acceptors (Lipinski definition) is 3. The number of nitrogens with two attached hydrogens (primary N) is 1. The lowest BCUT2D eigenvalue weighted by molar-refractivity contribution is -0.116. The average molecular weight is 412 g/mol. The van der Waals surface area contributed by atoms with E-state index in [9.17, 15) is 4.79 Å². The molecule has 1 unspecified atom stereocenters.